The van der Waals surface area contributed by atoms with E-state index in [1.807, 2.05) is 0 Å². The topological polar surface area (TPSA) is 0 Å². The molecule has 4 rings (SSSR count). The maximum Gasteiger partial charge on any atom is 0.0530 e. The molecule has 0 N–H and O–H groups in total. The second-order valence-corrected chi connectivity index (χ2v) is 6.89. The van der Waals surface area contributed by atoms with Crippen molar-refractivity contribution >= 4 is 17.3 Å². The summed E-state index contributed by atoms with van der Waals surface area (Å²) in [4.78, 5) is 1.62. The van der Waals surface area contributed by atoms with Crippen LogP contribution in [0.4, 0.5) is 0 Å². The summed E-state index contributed by atoms with van der Waals surface area (Å²) in [6.45, 7) is 0. The van der Waals surface area contributed by atoms with Crippen molar-refractivity contribution in [2.75, 3.05) is 0 Å². The van der Waals surface area contributed by atoms with Gasteiger partial charge in [-0.15, -0.1) is 11.8 Å². The van der Waals surface area contributed by atoms with E-state index < -0.39 is 0 Å². The first kappa shape index (κ1) is 13.0. The molecular weight excluding hydrogens is 272 g/mol. The molecule has 0 nitrogen and oxygen atoms in total. The summed E-state index contributed by atoms with van der Waals surface area (Å²) in [5, 5.41) is 0.457. The quantitative estimate of drug-likeness (QED) is 0.654. The predicted molar refractivity (Wildman–Crippen MR) is 92.1 cm³/mol. The molecule has 1 aliphatic carbocycles. The van der Waals surface area contributed by atoms with Crippen LogP contribution in [-0.4, -0.2) is 0 Å². The van der Waals surface area contributed by atoms with Crippen LogP contribution in [-0.2, 0) is 0 Å². The molecule has 1 atom stereocenters. The average molecular weight is 290 g/mol. The molecular formula is C20H18S. The molecule has 0 bridgehead atoms. The van der Waals surface area contributed by atoms with Gasteiger partial charge >= 0.3 is 0 Å². The minimum atomic E-state index is 0.457. The number of thioether (sulfide) groups is 1. The Labute approximate surface area is 130 Å². The Morgan fingerprint density at radius 1 is 0.810 bits per heavy atom. The molecule has 0 spiro atoms. The fraction of sp³-hybridized carbons (Fsp3) is 0.200. The first-order valence-electron chi connectivity index (χ1n) is 7.63. The summed E-state index contributed by atoms with van der Waals surface area (Å²) in [5.41, 5.74) is 5.84. The van der Waals surface area contributed by atoms with Gasteiger partial charge in [0, 0.05) is 0 Å². The van der Waals surface area contributed by atoms with Crippen LogP contribution in [0.3, 0.4) is 0 Å². The molecule has 1 heteroatoms. The van der Waals surface area contributed by atoms with Crippen LogP contribution in [0.25, 0.3) is 5.57 Å². The minimum Gasteiger partial charge on any atom is -0.118 e. The van der Waals surface area contributed by atoms with Crippen LogP contribution in [0.1, 0.15) is 35.6 Å². The van der Waals surface area contributed by atoms with Gasteiger partial charge in [-0.1, -0.05) is 66.7 Å². The highest BCUT2D eigenvalue weighted by Crippen LogP contribution is 2.52. The van der Waals surface area contributed by atoms with Gasteiger partial charge in [0.2, 0.25) is 0 Å². The Kier molecular flexibility index (Phi) is 3.44. The maximum atomic E-state index is 2.47. The summed E-state index contributed by atoms with van der Waals surface area (Å²) < 4.78 is 0. The molecule has 0 aromatic heterocycles. The van der Waals surface area contributed by atoms with E-state index in [0.717, 1.165) is 0 Å². The monoisotopic (exact) mass is 290 g/mol. The van der Waals surface area contributed by atoms with Crippen LogP contribution in [0.2, 0.25) is 0 Å². The molecule has 2 aromatic carbocycles. The van der Waals surface area contributed by atoms with E-state index in [1.165, 1.54) is 36.0 Å². The Balaban J connectivity index is 1.79. The van der Waals surface area contributed by atoms with Gasteiger partial charge in [0.15, 0.2) is 0 Å². The van der Waals surface area contributed by atoms with Gasteiger partial charge in [0.05, 0.1) is 5.25 Å². The third-order valence-corrected chi connectivity index (χ3v) is 5.69. The second kappa shape index (κ2) is 5.57. The molecule has 104 valence electrons. The van der Waals surface area contributed by atoms with Gasteiger partial charge in [-0.25, -0.2) is 0 Å². The first-order valence-corrected chi connectivity index (χ1v) is 8.51. The fourth-order valence-electron chi connectivity index (χ4n) is 3.27. The summed E-state index contributed by atoms with van der Waals surface area (Å²) in [7, 11) is 0. The second-order valence-electron chi connectivity index (χ2n) is 5.65. The minimum absolute atomic E-state index is 0.457. The van der Waals surface area contributed by atoms with E-state index >= 15 is 0 Å². The third-order valence-electron chi connectivity index (χ3n) is 4.29. The molecule has 0 saturated heterocycles. The fourth-order valence-corrected chi connectivity index (χ4v) is 4.69. The maximum absolute atomic E-state index is 2.47. The SMILES string of the molecule is C1=C(c2ccccc2)C2=C(CCC2)SC1c1ccccc1. The summed E-state index contributed by atoms with van der Waals surface area (Å²) in [6, 6.07) is 21.7. The van der Waals surface area contributed by atoms with E-state index in [-0.39, 0.29) is 0 Å². The van der Waals surface area contributed by atoms with E-state index in [4.69, 9.17) is 0 Å². The Morgan fingerprint density at radius 3 is 2.29 bits per heavy atom. The van der Waals surface area contributed by atoms with Gasteiger partial charge in [-0.3, -0.25) is 0 Å². The molecule has 0 saturated carbocycles. The van der Waals surface area contributed by atoms with Gasteiger partial charge in [-0.2, -0.15) is 0 Å². The predicted octanol–water partition coefficient (Wildman–Crippen LogP) is 6.00. The van der Waals surface area contributed by atoms with E-state index in [0.29, 0.717) is 5.25 Å². The number of allylic oxidation sites excluding steroid dienone is 3. The lowest BCUT2D eigenvalue weighted by Crippen LogP contribution is -2.00. The van der Waals surface area contributed by atoms with Crippen LogP contribution in [0, 0.1) is 0 Å². The highest BCUT2D eigenvalue weighted by atomic mass is 32.2. The molecule has 2 aliphatic rings. The first-order chi connectivity index (χ1) is 10.4. The van der Waals surface area contributed by atoms with Gasteiger partial charge in [-0.05, 0) is 46.4 Å². The van der Waals surface area contributed by atoms with Crippen LogP contribution < -0.4 is 0 Å². The van der Waals surface area contributed by atoms with Crippen molar-refractivity contribution in [3.63, 3.8) is 0 Å². The lowest BCUT2D eigenvalue weighted by atomic mass is 9.94. The largest absolute Gasteiger partial charge is 0.118 e. The van der Waals surface area contributed by atoms with E-state index in [1.54, 1.807) is 10.5 Å². The van der Waals surface area contributed by atoms with Crippen molar-refractivity contribution < 1.29 is 0 Å². The zero-order valence-electron chi connectivity index (χ0n) is 12.0. The van der Waals surface area contributed by atoms with Crippen molar-refractivity contribution in [2.24, 2.45) is 0 Å². The summed E-state index contributed by atoms with van der Waals surface area (Å²) >= 11 is 2.06. The van der Waals surface area contributed by atoms with Gasteiger partial charge in [0.25, 0.3) is 0 Å². The summed E-state index contributed by atoms with van der Waals surface area (Å²) in [5.74, 6) is 0. The van der Waals surface area contributed by atoms with E-state index in [2.05, 4.69) is 78.5 Å². The molecule has 0 radical (unpaired) electrons. The van der Waals surface area contributed by atoms with E-state index in [9.17, 15) is 0 Å². The van der Waals surface area contributed by atoms with Crippen LogP contribution in [0.15, 0.2) is 77.2 Å². The standard InChI is InChI=1S/C20H18S/c1-3-8-15(9-4-1)18-14-20(16-10-5-2-6-11-16)21-19-13-7-12-17(18)19/h1-6,8-11,14,20H,7,12-13H2. The number of hydrogen-bond acceptors (Lipinski definition) is 1. The highest BCUT2D eigenvalue weighted by Gasteiger charge is 2.27. The zero-order chi connectivity index (χ0) is 14.1. The van der Waals surface area contributed by atoms with Crippen molar-refractivity contribution in [1.29, 1.82) is 0 Å². The molecule has 1 heterocycles. The van der Waals surface area contributed by atoms with Gasteiger partial charge < -0.3 is 0 Å². The number of rotatable bonds is 2. The summed E-state index contributed by atoms with van der Waals surface area (Å²) in [6.07, 6.45) is 6.28. The Morgan fingerprint density at radius 2 is 1.52 bits per heavy atom. The molecule has 0 fully saturated rings. The lowest BCUT2D eigenvalue weighted by Gasteiger charge is -2.24. The zero-order valence-corrected chi connectivity index (χ0v) is 12.8. The van der Waals surface area contributed by atoms with Gasteiger partial charge in [0.1, 0.15) is 0 Å². The Bertz CT molecular complexity index is 695. The third kappa shape index (κ3) is 2.47. The Hall–Kier alpha value is -1.73. The smallest absolute Gasteiger partial charge is 0.0530 e. The molecule has 1 unspecified atom stereocenters. The number of hydrogen-bond donors (Lipinski definition) is 0. The van der Waals surface area contributed by atoms with Crippen molar-refractivity contribution in [1.82, 2.24) is 0 Å². The number of benzene rings is 2. The lowest BCUT2D eigenvalue weighted by molar-refractivity contribution is 0.915. The average Bonchev–Trinajstić information content (AvgIpc) is 3.04. The van der Waals surface area contributed by atoms with Crippen LogP contribution in [0.5, 0.6) is 0 Å². The molecule has 0 amide bonds. The molecule has 2 aromatic rings. The van der Waals surface area contributed by atoms with Crippen LogP contribution >= 0.6 is 11.8 Å². The van der Waals surface area contributed by atoms with Crippen molar-refractivity contribution in [3.8, 4) is 0 Å². The molecule has 1 aliphatic heterocycles. The molecule has 21 heavy (non-hydrogen) atoms. The van der Waals surface area contributed by atoms with Crippen molar-refractivity contribution in [2.45, 2.75) is 24.5 Å². The highest BCUT2D eigenvalue weighted by molar-refractivity contribution is 8.03. The van der Waals surface area contributed by atoms with Crippen molar-refractivity contribution in [3.05, 3.63) is 88.3 Å². The normalized spacial score (nSPS) is 21.1.